The lowest BCUT2D eigenvalue weighted by molar-refractivity contribution is -0.130. The highest BCUT2D eigenvalue weighted by Crippen LogP contribution is 2.37. The molecule has 24 heavy (non-hydrogen) atoms. The molecular formula is C22H30O2. The summed E-state index contributed by atoms with van der Waals surface area (Å²) in [5, 5.41) is 9.42. The normalized spacial score (nSPS) is 22.0. The lowest BCUT2D eigenvalue weighted by Gasteiger charge is -2.28. The van der Waals surface area contributed by atoms with Gasteiger partial charge in [-0.15, -0.1) is 0 Å². The van der Waals surface area contributed by atoms with Crippen molar-refractivity contribution in [2.75, 3.05) is 0 Å². The molecule has 1 aromatic rings. The van der Waals surface area contributed by atoms with E-state index in [9.17, 15) is 9.90 Å². The van der Waals surface area contributed by atoms with Crippen LogP contribution in [0.1, 0.15) is 75.8 Å². The van der Waals surface area contributed by atoms with Gasteiger partial charge >= 0.3 is 5.97 Å². The molecule has 0 spiro atoms. The Hall–Kier alpha value is -1.83. The average molecular weight is 326 g/mol. The Morgan fingerprint density at radius 1 is 1.12 bits per heavy atom. The zero-order valence-electron chi connectivity index (χ0n) is 15.0. The van der Waals surface area contributed by atoms with Crippen LogP contribution in [0.15, 0.2) is 42.5 Å². The molecule has 0 atom stereocenters. The van der Waals surface area contributed by atoms with Gasteiger partial charge in [-0.1, -0.05) is 63.1 Å². The third-order valence-electron chi connectivity index (χ3n) is 5.10. The molecule has 130 valence electrons. The van der Waals surface area contributed by atoms with Gasteiger partial charge in [0.15, 0.2) is 0 Å². The molecular weight excluding hydrogens is 296 g/mol. The molecule has 0 bridgehead atoms. The van der Waals surface area contributed by atoms with E-state index >= 15 is 0 Å². The molecule has 0 saturated heterocycles. The standard InChI is InChI=1S/C22H30O2/c1-3-5-6-8-21(22(23)24)20-15-13-19(14-16-20)18-11-9-17(7-4-2)10-12-18/h5-6,8,13-18H,3-4,7,9-12H2,1-2H3,(H,23,24). The molecule has 1 N–H and O–H groups in total. The Bertz CT molecular complexity index is 572. The summed E-state index contributed by atoms with van der Waals surface area (Å²) >= 11 is 0. The van der Waals surface area contributed by atoms with Crippen LogP contribution in [0.3, 0.4) is 0 Å². The van der Waals surface area contributed by atoms with E-state index in [0.717, 1.165) is 17.9 Å². The van der Waals surface area contributed by atoms with E-state index in [1.54, 1.807) is 6.08 Å². The third kappa shape index (κ3) is 5.09. The first-order valence-corrected chi connectivity index (χ1v) is 9.36. The second-order valence-corrected chi connectivity index (χ2v) is 6.85. The summed E-state index contributed by atoms with van der Waals surface area (Å²) in [6, 6.07) is 8.18. The highest BCUT2D eigenvalue weighted by atomic mass is 16.4. The lowest BCUT2D eigenvalue weighted by Crippen LogP contribution is -2.13. The van der Waals surface area contributed by atoms with Crippen LogP contribution in [0.2, 0.25) is 0 Å². The van der Waals surface area contributed by atoms with E-state index in [0.29, 0.717) is 11.5 Å². The lowest BCUT2D eigenvalue weighted by atomic mass is 9.77. The van der Waals surface area contributed by atoms with Crippen molar-refractivity contribution in [1.82, 2.24) is 0 Å². The first kappa shape index (κ1) is 18.5. The Morgan fingerprint density at radius 3 is 2.33 bits per heavy atom. The summed E-state index contributed by atoms with van der Waals surface area (Å²) in [7, 11) is 0. The Kier molecular flexibility index (Phi) is 7.30. The summed E-state index contributed by atoms with van der Waals surface area (Å²) < 4.78 is 0. The van der Waals surface area contributed by atoms with Gasteiger partial charge in [-0.25, -0.2) is 4.79 Å². The van der Waals surface area contributed by atoms with E-state index in [4.69, 9.17) is 0 Å². The molecule has 0 unspecified atom stereocenters. The molecule has 2 heteroatoms. The van der Waals surface area contributed by atoms with E-state index in [1.165, 1.54) is 44.1 Å². The Morgan fingerprint density at radius 2 is 1.79 bits per heavy atom. The first-order chi connectivity index (χ1) is 11.7. The monoisotopic (exact) mass is 326 g/mol. The smallest absolute Gasteiger partial charge is 0.336 e. The molecule has 2 rings (SSSR count). The van der Waals surface area contributed by atoms with Gasteiger partial charge in [0.25, 0.3) is 0 Å². The summed E-state index contributed by atoms with van der Waals surface area (Å²) in [5.41, 5.74) is 2.51. The SMILES string of the molecule is CCC=CC=C(C(=O)O)c1ccc(C2CCC(CCC)CC2)cc1. The number of hydrogen-bond donors (Lipinski definition) is 1. The van der Waals surface area contributed by atoms with Crippen LogP contribution in [0, 0.1) is 5.92 Å². The number of aliphatic carboxylic acids is 1. The molecule has 0 amide bonds. The van der Waals surface area contributed by atoms with Crippen LogP contribution < -0.4 is 0 Å². The van der Waals surface area contributed by atoms with Crippen molar-refractivity contribution in [2.24, 2.45) is 5.92 Å². The largest absolute Gasteiger partial charge is 0.478 e. The predicted molar refractivity (Wildman–Crippen MR) is 101 cm³/mol. The number of rotatable bonds is 7. The van der Waals surface area contributed by atoms with Crippen LogP contribution in [-0.4, -0.2) is 11.1 Å². The highest BCUT2D eigenvalue weighted by molar-refractivity contribution is 6.15. The van der Waals surface area contributed by atoms with Gasteiger partial charge in [0, 0.05) is 0 Å². The number of carboxylic acids is 1. The molecule has 1 saturated carbocycles. The fourth-order valence-corrected chi connectivity index (χ4v) is 3.72. The minimum atomic E-state index is -0.872. The number of hydrogen-bond acceptors (Lipinski definition) is 1. The summed E-state index contributed by atoms with van der Waals surface area (Å²) in [4.78, 5) is 11.5. The molecule has 0 aliphatic heterocycles. The Labute approximate surface area is 146 Å². The van der Waals surface area contributed by atoms with E-state index in [2.05, 4.69) is 19.1 Å². The van der Waals surface area contributed by atoms with Crippen LogP contribution >= 0.6 is 0 Å². The molecule has 0 heterocycles. The third-order valence-corrected chi connectivity index (χ3v) is 5.10. The number of allylic oxidation sites excluding steroid dienone is 3. The average Bonchev–Trinajstić information content (AvgIpc) is 2.60. The topological polar surface area (TPSA) is 37.3 Å². The van der Waals surface area contributed by atoms with Gasteiger partial charge in [0.2, 0.25) is 0 Å². The minimum absolute atomic E-state index is 0.359. The summed E-state index contributed by atoms with van der Waals surface area (Å²) in [6.45, 7) is 4.31. The van der Waals surface area contributed by atoms with Crippen molar-refractivity contribution in [2.45, 2.75) is 64.7 Å². The summed E-state index contributed by atoms with van der Waals surface area (Å²) in [6.07, 6.45) is 14.3. The number of benzene rings is 1. The number of carbonyl (C=O) groups is 1. The minimum Gasteiger partial charge on any atom is -0.478 e. The van der Waals surface area contributed by atoms with Crippen molar-refractivity contribution in [3.8, 4) is 0 Å². The fourth-order valence-electron chi connectivity index (χ4n) is 3.72. The van der Waals surface area contributed by atoms with Gasteiger partial charge < -0.3 is 5.11 Å². The van der Waals surface area contributed by atoms with E-state index < -0.39 is 5.97 Å². The summed E-state index contributed by atoms with van der Waals surface area (Å²) in [5.74, 6) is 0.686. The van der Waals surface area contributed by atoms with Crippen molar-refractivity contribution in [1.29, 1.82) is 0 Å². The molecule has 0 aromatic heterocycles. The number of carboxylic acid groups (broad SMARTS) is 1. The van der Waals surface area contributed by atoms with Gasteiger partial charge in [0.05, 0.1) is 5.57 Å². The highest BCUT2D eigenvalue weighted by Gasteiger charge is 2.22. The van der Waals surface area contributed by atoms with Crippen LogP contribution in [-0.2, 0) is 4.79 Å². The molecule has 1 fully saturated rings. The van der Waals surface area contributed by atoms with E-state index in [-0.39, 0.29) is 0 Å². The molecule has 1 aromatic carbocycles. The maximum Gasteiger partial charge on any atom is 0.336 e. The van der Waals surface area contributed by atoms with Crippen LogP contribution in [0.4, 0.5) is 0 Å². The van der Waals surface area contributed by atoms with E-state index in [1.807, 2.05) is 31.2 Å². The maximum atomic E-state index is 11.5. The van der Waals surface area contributed by atoms with Gasteiger partial charge in [-0.3, -0.25) is 0 Å². The van der Waals surface area contributed by atoms with Crippen molar-refractivity contribution >= 4 is 11.5 Å². The van der Waals surface area contributed by atoms with Crippen LogP contribution in [0.25, 0.3) is 5.57 Å². The molecule has 1 aliphatic rings. The maximum absolute atomic E-state index is 11.5. The van der Waals surface area contributed by atoms with Gasteiger partial charge in [0.1, 0.15) is 0 Å². The predicted octanol–water partition coefficient (Wildman–Crippen LogP) is 6.19. The Balaban J connectivity index is 2.06. The molecule has 2 nitrogen and oxygen atoms in total. The quantitative estimate of drug-likeness (QED) is 0.479. The van der Waals surface area contributed by atoms with Gasteiger partial charge in [-0.05, 0) is 61.1 Å². The van der Waals surface area contributed by atoms with Crippen LogP contribution in [0.5, 0.6) is 0 Å². The molecule has 0 radical (unpaired) electrons. The zero-order chi connectivity index (χ0) is 17.4. The van der Waals surface area contributed by atoms with Crippen molar-refractivity contribution < 1.29 is 9.90 Å². The second kappa shape index (κ2) is 9.46. The van der Waals surface area contributed by atoms with Crippen molar-refractivity contribution in [3.05, 3.63) is 53.6 Å². The first-order valence-electron chi connectivity index (χ1n) is 9.36. The second-order valence-electron chi connectivity index (χ2n) is 6.85. The fraction of sp³-hybridized carbons (Fsp3) is 0.500. The molecule has 1 aliphatic carbocycles. The van der Waals surface area contributed by atoms with Crippen molar-refractivity contribution in [3.63, 3.8) is 0 Å². The zero-order valence-corrected chi connectivity index (χ0v) is 15.0. The van der Waals surface area contributed by atoms with Gasteiger partial charge in [-0.2, -0.15) is 0 Å².